The van der Waals surface area contributed by atoms with Crippen molar-refractivity contribution in [2.45, 2.75) is 25.8 Å². The van der Waals surface area contributed by atoms with Gasteiger partial charge in [0.15, 0.2) is 0 Å². The van der Waals surface area contributed by atoms with Crippen molar-refractivity contribution in [2.24, 2.45) is 5.92 Å². The second-order valence-corrected chi connectivity index (χ2v) is 5.24. The summed E-state index contributed by atoms with van der Waals surface area (Å²) in [6.45, 7) is 5.79. The molecule has 2 rings (SSSR count). The lowest BCUT2D eigenvalue weighted by Crippen LogP contribution is -2.54. The first-order valence-electron chi connectivity index (χ1n) is 6.57. The molecular weight excluding hydrogens is 234 g/mol. The van der Waals surface area contributed by atoms with E-state index in [0.717, 1.165) is 25.6 Å². The molecule has 18 heavy (non-hydrogen) atoms. The summed E-state index contributed by atoms with van der Waals surface area (Å²) in [7, 11) is 0. The van der Waals surface area contributed by atoms with Crippen molar-refractivity contribution in [3.63, 3.8) is 0 Å². The molecule has 2 amide bonds. The maximum absolute atomic E-state index is 11.8. The first-order valence-corrected chi connectivity index (χ1v) is 6.57. The van der Waals surface area contributed by atoms with E-state index in [9.17, 15) is 9.59 Å². The Morgan fingerprint density at radius 2 is 1.89 bits per heavy atom. The summed E-state index contributed by atoms with van der Waals surface area (Å²) in [5.41, 5.74) is 0. The molecule has 102 valence electrons. The molecule has 0 unspecified atom stereocenters. The van der Waals surface area contributed by atoms with Gasteiger partial charge in [-0.2, -0.15) is 0 Å². The largest absolute Gasteiger partial charge is 0.480 e. The average Bonchev–Trinajstić information content (AvgIpc) is 3.13. The minimum absolute atomic E-state index is 0.268. The number of carbonyl (C=O) groups is 2. The molecule has 0 aromatic carbocycles. The fourth-order valence-electron chi connectivity index (χ4n) is 2.14. The van der Waals surface area contributed by atoms with Crippen LogP contribution in [0.25, 0.3) is 0 Å². The molecule has 1 aliphatic heterocycles. The molecule has 1 heterocycles. The molecule has 2 fully saturated rings. The number of nitrogens with zero attached hydrogens (tertiary/aromatic N) is 2. The van der Waals surface area contributed by atoms with Gasteiger partial charge in [-0.05, 0) is 25.7 Å². The summed E-state index contributed by atoms with van der Waals surface area (Å²) in [4.78, 5) is 26.5. The van der Waals surface area contributed by atoms with E-state index in [1.807, 2.05) is 0 Å². The summed E-state index contributed by atoms with van der Waals surface area (Å²) in [5, 5.41) is 11.2. The first kappa shape index (κ1) is 13.1. The zero-order valence-corrected chi connectivity index (χ0v) is 10.8. The third-order valence-electron chi connectivity index (χ3n) is 3.58. The number of rotatable bonds is 4. The molecule has 1 saturated heterocycles. The quantitative estimate of drug-likeness (QED) is 0.752. The van der Waals surface area contributed by atoms with Crippen LogP contribution in [0.2, 0.25) is 0 Å². The molecule has 2 aliphatic rings. The summed E-state index contributed by atoms with van der Waals surface area (Å²) in [5.74, 6) is -0.131. The molecular formula is C12H21N3O3. The second kappa shape index (κ2) is 5.56. The van der Waals surface area contributed by atoms with Gasteiger partial charge in [0.05, 0.1) is 0 Å². The Balaban J connectivity index is 1.71. The maximum Gasteiger partial charge on any atom is 0.325 e. The average molecular weight is 255 g/mol. The minimum Gasteiger partial charge on any atom is -0.480 e. The fraction of sp³-hybridized carbons (Fsp3) is 0.833. The molecule has 1 aliphatic carbocycles. The van der Waals surface area contributed by atoms with Crippen LogP contribution in [0.3, 0.4) is 0 Å². The first-order chi connectivity index (χ1) is 8.56. The number of urea groups is 1. The molecule has 0 bridgehead atoms. The highest BCUT2D eigenvalue weighted by atomic mass is 16.4. The standard InChI is InChI=1S/C12H21N3O3/c1-9(11(16)17)13-12(18)15-6-4-14(5-7-15)8-10-2-3-10/h9-10H,2-8H2,1H3,(H,13,18)(H,16,17)/t9-/m1/s1. The van der Waals surface area contributed by atoms with E-state index in [0.29, 0.717) is 13.1 Å². The van der Waals surface area contributed by atoms with Crippen LogP contribution in [0.1, 0.15) is 19.8 Å². The van der Waals surface area contributed by atoms with Crippen molar-refractivity contribution in [2.75, 3.05) is 32.7 Å². The number of hydrogen-bond acceptors (Lipinski definition) is 3. The van der Waals surface area contributed by atoms with Crippen LogP contribution in [0.15, 0.2) is 0 Å². The van der Waals surface area contributed by atoms with Crippen LogP contribution in [-0.4, -0.2) is 65.7 Å². The van der Waals surface area contributed by atoms with E-state index in [1.165, 1.54) is 19.8 Å². The molecule has 0 aromatic heterocycles. The smallest absolute Gasteiger partial charge is 0.325 e. The molecule has 0 radical (unpaired) electrons. The topological polar surface area (TPSA) is 72.9 Å². The van der Waals surface area contributed by atoms with Gasteiger partial charge in [0, 0.05) is 32.7 Å². The summed E-state index contributed by atoms with van der Waals surface area (Å²) in [6.07, 6.45) is 2.69. The number of aliphatic carboxylic acids is 1. The van der Waals surface area contributed by atoms with Crippen molar-refractivity contribution in [3.8, 4) is 0 Å². The van der Waals surface area contributed by atoms with Crippen LogP contribution < -0.4 is 5.32 Å². The normalized spacial score (nSPS) is 22.6. The van der Waals surface area contributed by atoms with Gasteiger partial charge in [-0.15, -0.1) is 0 Å². The van der Waals surface area contributed by atoms with Crippen LogP contribution in [0.5, 0.6) is 0 Å². The third-order valence-corrected chi connectivity index (χ3v) is 3.58. The zero-order valence-electron chi connectivity index (χ0n) is 10.8. The van der Waals surface area contributed by atoms with Gasteiger partial charge in [0.2, 0.25) is 0 Å². The Kier molecular flexibility index (Phi) is 4.06. The van der Waals surface area contributed by atoms with Gasteiger partial charge < -0.3 is 15.3 Å². The molecule has 0 aromatic rings. The molecule has 1 saturated carbocycles. The number of carboxylic acids is 1. The van der Waals surface area contributed by atoms with Crippen molar-refractivity contribution in [3.05, 3.63) is 0 Å². The van der Waals surface area contributed by atoms with Gasteiger partial charge in [-0.1, -0.05) is 0 Å². The minimum atomic E-state index is -1.00. The maximum atomic E-state index is 11.8. The van der Waals surface area contributed by atoms with Crippen molar-refractivity contribution in [1.29, 1.82) is 0 Å². The van der Waals surface area contributed by atoms with Crippen LogP contribution in [0, 0.1) is 5.92 Å². The third kappa shape index (κ3) is 3.60. The second-order valence-electron chi connectivity index (χ2n) is 5.24. The predicted octanol–water partition coefficient (Wildman–Crippen LogP) is 0.197. The fourth-order valence-corrected chi connectivity index (χ4v) is 2.14. The Hall–Kier alpha value is -1.30. The number of carboxylic acid groups (broad SMARTS) is 1. The van der Waals surface area contributed by atoms with E-state index in [1.54, 1.807) is 4.90 Å². The van der Waals surface area contributed by atoms with E-state index in [4.69, 9.17) is 5.11 Å². The molecule has 1 atom stereocenters. The molecule has 2 N–H and O–H groups in total. The Bertz CT molecular complexity index is 323. The highest BCUT2D eigenvalue weighted by molar-refractivity contribution is 5.82. The molecule has 6 heteroatoms. The molecule has 6 nitrogen and oxygen atoms in total. The zero-order chi connectivity index (χ0) is 13.1. The van der Waals surface area contributed by atoms with Gasteiger partial charge in [-0.25, -0.2) is 4.79 Å². The van der Waals surface area contributed by atoms with Crippen molar-refractivity contribution in [1.82, 2.24) is 15.1 Å². The summed E-state index contributed by atoms with van der Waals surface area (Å²) in [6, 6.07) is -1.10. The van der Waals surface area contributed by atoms with E-state index in [2.05, 4.69) is 10.2 Å². The number of nitrogens with one attached hydrogen (secondary N) is 1. The highest BCUT2D eigenvalue weighted by Gasteiger charge is 2.28. The lowest BCUT2D eigenvalue weighted by atomic mass is 10.3. The monoisotopic (exact) mass is 255 g/mol. The number of piperazine rings is 1. The number of amides is 2. The van der Waals surface area contributed by atoms with E-state index in [-0.39, 0.29) is 6.03 Å². The lowest BCUT2D eigenvalue weighted by molar-refractivity contribution is -0.138. The Morgan fingerprint density at radius 3 is 2.39 bits per heavy atom. The summed E-state index contributed by atoms with van der Waals surface area (Å²) >= 11 is 0. The lowest BCUT2D eigenvalue weighted by Gasteiger charge is -2.35. The van der Waals surface area contributed by atoms with Crippen molar-refractivity contribution < 1.29 is 14.7 Å². The predicted molar refractivity (Wildman–Crippen MR) is 66.4 cm³/mol. The van der Waals surface area contributed by atoms with Gasteiger partial charge in [0.1, 0.15) is 6.04 Å². The van der Waals surface area contributed by atoms with Crippen LogP contribution >= 0.6 is 0 Å². The van der Waals surface area contributed by atoms with Gasteiger partial charge >= 0.3 is 12.0 Å². The number of carbonyl (C=O) groups excluding carboxylic acids is 1. The summed E-state index contributed by atoms with van der Waals surface area (Å²) < 4.78 is 0. The van der Waals surface area contributed by atoms with Crippen molar-refractivity contribution >= 4 is 12.0 Å². The highest BCUT2D eigenvalue weighted by Crippen LogP contribution is 2.29. The van der Waals surface area contributed by atoms with Gasteiger partial charge in [0.25, 0.3) is 0 Å². The SMILES string of the molecule is C[C@@H](NC(=O)N1CCN(CC2CC2)CC1)C(=O)O. The number of hydrogen-bond donors (Lipinski definition) is 2. The van der Waals surface area contributed by atoms with Crippen LogP contribution in [-0.2, 0) is 4.79 Å². The Morgan fingerprint density at radius 1 is 1.28 bits per heavy atom. The Labute approximate surface area is 107 Å². The van der Waals surface area contributed by atoms with Crippen LogP contribution in [0.4, 0.5) is 4.79 Å². The van der Waals surface area contributed by atoms with E-state index >= 15 is 0 Å². The molecule has 0 spiro atoms. The van der Waals surface area contributed by atoms with Gasteiger partial charge in [-0.3, -0.25) is 9.69 Å². The van der Waals surface area contributed by atoms with E-state index < -0.39 is 12.0 Å².